The first-order chi connectivity index (χ1) is 12.6. The summed E-state index contributed by atoms with van der Waals surface area (Å²) in [6.45, 7) is 0.371. The SMILES string of the molecule is O=C(c1ccc(Br)s1)N(Cc1ccccn1)c1nc2ccc(Br)cc2s1. The monoisotopic (exact) mass is 507 g/mol. The molecule has 0 aliphatic heterocycles. The van der Waals surface area contributed by atoms with E-state index in [0.29, 0.717) is 16.6 Å². The van der Waals surface area contributed by atoms with Crippen LogP contribution in [0.15, 0.2) is 63.0 Å². The Morgan fingerprint density at radius 3 is 2.69 bits per heavy atom. The number of hydrogen-bond donors (Lipinski definition) is 0. The molecule has 0 aliphatic carbocycles. The molecular weight excluding hydrogens is 498 g/mol. The zero-order chi connectivity index (χ0) is 18.1. The van der Waals surface area contributed by atoms with Crippen LogP contribution >= 0.6 is 54.5 Å². The van der Waals surface area contributed by atoms with E-state index < -0.39 is 0 Å². The zero-order valence-electron chi connectivity index (χ0n) is 13.2. The number of amides is 1. The molecular formula is C18H11Br2N3OS2. The highest BCUT2D eigenvalue weighted by atomic mass is 79.9. The number of pyridine rings is 1. The largest absolute Gasteiger partial charge is 0.277 e. The predicted molar refractivity (Wildman–Crippen MR) is 114 cm³/mol. The zero-order valence-corrected chi connectivity index (χ0v) is 18.0. The van der Waals surface area contributed by atoms with Gasteiger partial charge in [0, 0.05) is 10.7 Å². The van der Waals surface area contributed by atoms with Gasteiger partial charge < -0.3 is 0 Å². The van der Waals surface area contributed by atoms with Gasteiger partial charge in [-0.1, -0.05) is 33.3 Å². The average molecular weight is 509 g/mol. The summed E-state index contributed by atoms with van der Waals surface area (Å²) in [5.41, 5.74) is 1.69. The van der Waals surface area contributed by atoms with E-state index in [1.54, 1.807) is 11.1 Å². The van der Waals surface area contributed by atoms with Crippen LogP contribution < -0.4 is 4.90 Å². The predicted octanol–water partition coefficient (Wildman–Crippen LogP) is 6.12. The topological polar surface area (TPSA) is 46.1 Å². The normalized spacial score (nSPS) is 11.0. The Balaban J connectivity index is 1.76. The minimum absolute atomic E-state index is 0.0792. The molecule has 0 unspecified atom stereocenters. The molecule has 3 heterocycles. The van der Waals surface area contributed by atoms with Gasteiger partial charge in [-0.2, -0.15) is 0 Å². The third-order valence-corrected chi connectivity index (χ3v) is 6.79. The van der Waals surface area contributed by atoms with Crippen LogP contribution in [0.5, 0.6) is 0 Å². The van der Waals surface area contributed by atoms with E-state index in [4.69, 9.17) is 0 Å². The second kappa shape index (κ2) is 7.56. The third kappa shape index (κ3) is 3.73. The van der Waals surface area contributed by atoms with E-state index in [1.807, 2.05) is 48.5 Å². The quantitative estimate of drug-likeness (QED) is 0.333. The fourth-order valence-electron chi connectivity index (χ4n) is 2.44. The number of nitrogens with zero attached hydrogens (tertiary/aromatic N) is 3. The molecule has 8 heteroatoms. The number of thiophene rings is 1. The van der Waals surface area contributed by atoms with Gasteiger partial charge in [-0.15, -0.1) is 11.3 Å². The number of carbonyl (C=O) groups is 1. The first-order valence-electron chi connectivity index (χ1n) is 7.63. The summed E-state index contributed by atoms with van der Waals surface area (Å²) in [5.74, 6) is -0.0792. The Kier molecular flexibility index (Phi) is 5.17. The maximum Gasteiger partial charge on any atom is 0.270 e. The molecule has 3 aromatic heterocycles. The van der Waals surface area contributed by atoms with Crippen LogP contribution in [0.25, 0.3) is 10.2 Å². The van der Waals surface area contributed by atoms with Crippen molar-refractivity contribution >= 4 is 75.8 Å². The fourth-order valence-corrected chi connectivity index (χ4v) is 5.29. The minimum atomic E-state index is -0.0792. The van der Waals surface area contributed by atoms with E-state index in [0.717, 1.165) is 24.2 Å². The Labute approximate surface area is 174 Å². The van der Waals surface area contributed by atoms with E-state index in [-0.39, 0.29) is 5.91 Å². The van der Waals surface area contributed by atoms with Gasteiger partial charge in [0.1, 0.15) is 0 Å². The summed E-state index contributed by atoms with van der Waals surface area (Å²) < 4.78 is 2.94. The Morgan fingerprint density at radius 1 is 1.08 bits per heavy atom. The first kappa shape index (κ1) is 17.8. The van der Waals surface area contributed by atoms with Crippen molar-refractivity contribution in [2.75, 3.05) is 4.90 Å². The molecule has 0 spiro atoms. The Bertz CT molecular complexity index is 1080. The molecule has 26 heavy (non-hydrogen) atoms. The van der Waals surface area contributed by atoms with Crippen molar-refractivity contribution in [2.24, 2.45) is 0 Å². The lowest BCUT2D eigenvalue weighted by molar-refractivity contribution is 0.0988. The van der Waals surface area contributed by atoms with E-state index in [1.165, 1.54) is 22.7 Å². The molecule has 0 atom stereocenters. The molecule has 0 aliphatic rings. The van der Waals surface area contributed by atoms with Crippen LogP contribution in [0, 0.1) is 0 Å². The number of hydrogen-bond acceptors (Lipinski definition) is 5. The highest BCUT2D eigenvalue weighted by molar-refractivity contribution is 9.11. The van der Waals surface area contributed by atoms with E-state index >= 15 is 0 Å². The first-order valence-corrected chi connectivity index (χ1v) is 10.9. The molecule has 4 rings (SSSR count). The highest BCUT2D eigenvalue weighted by Crippen LogP contribution is 2.33. The van der Waals surface area contributed by atoms with Gasteiger partial charge in [-0.05, 0) is 58.4 Å². The average Bonchev–Trinajstić information content (AvgIpc) is 3.25. The maximum atomic E-state index is 13.2. The van der Waals surface area contributed by atoms with Gasteiger partial charge >= 0.3 is 0 Å². The lowest BCUT2D eigenvalue weighted by Gasteiger charge is -2.18. The minimum Gasteiger partial charge on any atom is -0.277 e. The number of benzene rings is 1. The molecule has 0 saturated carbocycles. The number of halogens is 2. The lowest BCUT2D eigenvalue weighted by Crippen LogP contribution is -2.30. The molecule has 1 amide bonds. The Morgan fingerprint density at radius 2 is 1.96 bits per heavy atom. The van der Waals surface area contributed by atoms with Gasteiger partial charge in [-0.3, -0.25) is 14.7 Å². The molecule has 1 aromatic carbocycles. The van der Waals surface area contributed by atoms with Crippen molar-refractivity contribution in [3.05, 3.63) is 73.6 Å². The Hall–Kier alpha value is -1.61. The second-order valence-electron chi connectivity index (χ2n) is 5.42. The van der Waals surface area contributed by atoms with Gasteiger partial charge in [0.05, 0.1) is 31.1 Å². The summed E-state index contributed by atoms with van der Waals surface area (Å²) in [7, 11) is 0. The summed E-state index contributed by atoms with van der Waals surface area (Å²) >= 11 is 9.82. The van der Waals surface area contributed by atoms with Crippen LogP contribution in [0.4, 0.5) is 5.13 Å². The maximum absolute atomic E-state index is 13.2. The molecule has 0 saturated heterocycles. The van der Waals surface area contributed by atoms with Crippen molar-refractivity contribution < 1.29 is 4.79 Å². The van der Waals surface area contributed by atoms with Crippen molar-refractivity contribution in [3.63, 3.8) is 0 Å². The number of anilines is 1. The number of thiazole rings is 1. The molecule has 0 bridgehead atoms. The summed E-state index contributed by atoms with van der Waals surface area (Å²) in [6, 6.07) is 15.3. The van der Waals surface area contributed by atoms with Crippen molar-refractivity contribution in [3.8, 4) is 0 Å². The van der Waals surface area contributed by atoms with Crippen LogP contribution in [-0.2, 0) is 6.54 Å². The fraction of sp³-hybridized carbons (Fsp3) is 0.0556. The summed E-state index contributed by atoms with van der Waals surface area (Å²) in [6.07, 6.45) is 1.73. The molecule has 130 valence electrons. The lowest BCUT2D eigenvalue weighted by atomic mass is 10.3. The highest BCUT2D eigenvalue weighted by Gasteiger charge is 2.23. The van der Waals surface area contributed by atoms with Crippen LogP contribution in [0.2, 0.25) is 0 Å². The summed E-state index contributed by atoms with van der Waals surface area (Å²) in [4.78, 5) is 24.5. The van der Waals surface area contributed by atoms with Crippen molar-refractivity contribution in [1.29, 1.82) is 0 Å². The number of fused-ring (bicyclic) bond motifs is 1. The molecule has 0 radical (unpaired) electrons. The molecule has 4 nitrogen and oxygen atoms in total. The second-order valence-corrected chi connectivity index (χ2v) is 9.81. The number of carbonyl (C=O) groups excluding carboxylic acids is 1. The molecule has 4 aromatic rings. The van der Waals surface area contributed by atoms with Gasteiger partial charge in [0.15, 0.2) is 5.13 Å². The van der Waals surface area contributed by atoms with Crippen LogP contribution in [-0.4, -0.2) is 15.9 Å². The van der Waals surface area contributed by atoms with E-state index in [9.17, 15) is 4.79 Å². The van der Waals surface area contributed by atoms with Crippen LogP contribution in [0.1, 0.15) is 15.4 Å². The number of aromatic nitrogens is 2. The van der Waals surface area contributed by atoms with Crippen molar-refractivity contribution in [2.45, 2.75) is 6.54 Å². The number of rotatable bonds is 4. The molecule has 0 fully saturated rings. The van der Waals surface area contributed by atoms with Gasteiger partial charge in [0.25, 0.3) is 5.91 Å². The van der Waals surface area contributed by atoms with E-state index in [2.05, 4.69) is 41.8 Å². The molecule has 0 N–H and O–H groups in total. The van der Waals surface area contributed by atoms with Crippen LogP contribution in [0.3, 0.4) is 0 Å². The van der Waals surface area contributed by atoms with Gasteiger partial charge in [-0.25, -0.2) is 4.98 Å². The smallest absolute Gasteiger partial charge is 0.270 e. The van der Waals surface area contributed by atoms with Crippen molar-refractivity contribution in [1.82, 2.24) is 9.97 Å². The van der Waals surface area contributed by atoms with Gasteiger partial charge in [0.2, 0.25) is 0 Å². The summed E-state index contributed by atoms with van der Waals surface area (Å²) in [5, 5.41) is 0.665. The third-order valence-electron chi connectivity index (χ3n) is 3.65. The standard InChI is InChI=1S/C18H11Br2N3OS2/c19-11-4-5-13-15(9-11)26-18(22-13)23(10-12-3-1-2-8-21-12)17(24)14-6-7-16(20)25-14/h1-9H,10H2.